The number of rotatable bonds is 6. The van der Waals surface area contributed by atoms with Crippen molar-refractivity contribution in [2.75, 3.05) is 51.7 Å². The first-order valence-corrected chi connectivity index (χ1v) is 11.4. The maximum absolute atomic E-state index is 13.2. The predicted octanol–water partition coefficient (Wildman–Crippen LogP) is 1.79. The summed E-state index contributed by atoms with van der Waals surface area (Å²) in [5.41, 5.74) is 1.47. The Bertz CT molecular complexity index is 899. The highest BCUT2D eigenvalue weighted by atomic mass is 19.1. The number of hydrogen-bond acceptors (Lipinski definition) is 7. The Morgan fingerprint density at radius 3 is 2.62 bits per heavy atom. The van der Waals surface area contributed by atoms with Gasteiger partial charge < -0.3 is 15.1 Å². The highest BCUT2D eigenvalue weighted by Crippen LogP contribution is 2.22. The zero-order chi connectivity index (χ0) is 22.5. The van der Waals surface area contributed by atoms with Crippen LogP contribution in [0.15, 0.2) is 30.5 Å². The molecule has 1 aromatic heterocycles. The number of piperazine rings is 1. The average molecular weight is 442 g/mol. The quantitative estimate of drug-likeness (QED) is 0.732. The molecule has 1 N–H and O–H groups in total. The van der Waals surface area contributed by atoms with E-state index in [9.17, 15) is 9.18 Å². The SMILES string of the molecule is CN(C)[C@H]1CCC[C@@H](NC(=O)CN2CCN(c3nncc(-c4ccc(F)cc4)n3)CC2)C1. The van der Waals surface area contributed by atoms with Crippen LogP contribution in [0.1, 0.15) is 25.7 Å². The molecule has 9 heteroatoms. The van der Waals surface area contributed by atoms with Crippen molar-refractivity contribution in [3.8, 4) is 11.3 Å². The van der Waals surface area contributed by atoms with Gasteiger partial charge in [0, 0.05) is 43.8 Å². The van der Waals surface area contributed by atoms with Gasteiger partial charge in [-0.2, -0.15) is 5.10 Å². The van der Waals surface area contributed by atoms with Crippen molar-refractivity contribution in [2.45, 2.75) is 37.8 Å². The van der Waals surface area contributed by atoms with Gasteiger partial charge in [0.15, 0.2) is 0 Å². The first-order chi connectivity index (χ1) is 15.5. The van der Waals surface area contributed by atoms with E-state index in [0.29, 0.717) is 24.2 Å². The smallest absolute Gasteiger partial charge is 0.245 e. The lowest BCUT2D eigenvalue weighted by molar-refractivity contribution is -0.123. The minimum atomic E-state index is -0.280. The molecular formula is C23H32FN7O. The van der Waals surface area contributed by atoms with E-state index in [0.717, 1.165) is 51.0 Å². The number of carbonyl (C=O) groups is 1. The third-order valence-electron chi connectivity index (χ3n) is 6.45. The Morgan fingerprint density at radius 2 is 1.91 bits per heavy atom. The van der Waals surface area contributed by atoms with Crippen LogP contribution in [-0.2, 0) is 4.79 Å². The second-order valence-corrected chi connectivity index (χ2v) is 8.96. The summed E-state index contributed by atoms with van der Waals surface area (Å²) < 4.78 is 13.2. The molecule has 2 fully saturated rings. The van der Waals surface area contributed by atoms with E-state index in [1.165, 1.54) is 18.6 Å². The molecule has 32 heavy (non-hydrogen) atoms. The Morgan fingerprint density at radius 1 is 1.16 bits per heavy atom. The summed E-state index contributed by atoms with van der Waals surface area (Å²) in [5, 5.41) is 11.5. The van der Waals surface area contributed by atoms with Crippen LogP contribution in [-0.4, -0.2) is 89.8 Å². The predicted molar refractivity (Wildman–Crippen MR) is 122 cm³/mol. The summed E-state index contributed by atoms with van der Waals surface area (Å²) in [6, 6.07) is 7.03. The van der Waals surface area contributed by atoms with E-state index in [1.54, 1.807) is 18.3 Å². The number of benzene rings is 1. The molecule has 1 aliphatic carbocycles. The Labute approximate surface area is 188 Å². The second-order valence-electron chi connectivity index (χ2n) is 8.96. The van der Waals surface area contributed by atoms with Crippen molar-refractivity contribution in [1.82, 2.24) is 30.3 Å². The number of hydrogen-bond donors (Lipinski definition) is 1. The maximum Gasteiger partial charge on any atom is 0.245 e. The fraction of sp³-hybridized carbons (Fsp3) is 0.565. The topological polar surface area (TPSA) is 77.5 Å². The average Bonchev–Trinajstić information content (AvgIpc) is 2.80. The lowest BCUT2D eigenvalue weighted by Gasteiger charge is -2.36. The van der Waals surface area contributed by atoms with Gasteiger partial charge in [-0.15, -0.1) is 5.10 Å². The van der Waals surface area contributed by atoms with Gasteiger partial charge in [-0.25, -0.2) is 9.37 Å². The van der Waals surface area contributed by atoms with Crippen LogP contribution < -0.4 is 10.2 Å². The molecule has 0 spiro atoms. The highest BCUT2D eigenvalue weighted by molar-refractivity contribution is 5.78. The molecule has 2 atom stereocenters. The van der Waals surface area contributed by atoms with Crippen LogP contribution in [0, 0.1) is 5.82 Å². The third kappa shape index (κ3) is 5.77. The molecule has 0 bridgehead atoms. The fourth-order valence-electron chi connectivity index (χ4n) is 4.53. The zero-order valence-electron chi connectivity index (χ0n) is 18.9. The number of anilines is 1. The Balaban J connectivity index is 1.27. The van der Waals surface area contributed by atoms with E-state index in [2.05, 4.69) is 49.3 Å². The minimum Gasteiger partial charge on any atom is -0.352 e. The molecule has 4 rings (SSSR count). The number of carbonyl (C=O) groups excluding carboxylic acids is 1. The number of halogens is 1. The molecule has 1 saturated carbocycles. The molecule has 1 aromatic carbocycles. The molecule has 8 nitrogen and oxygen atoms in total. The molecule has 2 heterocycles. The Hall–Kier alpha value is -2.65. The summed E-state index contributed by atoms with van der Waals surface area (Å²) in [4.78, 5) is 23.7. The van der Waals surface area contributed by atoms with Crippen LogP contribution in [0.2, 0.25) is 0 Å². The molecular weight excluding hydrogens is 409 g/mol. The van der Waals surface area contributed by atoms with Crippen molar-refractivity contribution >= 4 is 11.9 Å². The fourth-order valence-corrected chi connectivity index (χ4v) is 4.53. The molecule has 1 aliphatic heterocycles. The van der Waals surface area contributed by atoms with Crippen LogP contribution in [0.3, 0.4) is 0 Å². The number of nitrogens with one attached hydrogen (secondary N) is 1. The lowest BCUT2D eigenvalue weighted by Crippen LogP contribution is -2.52. The molecule has 0 unspecified atom stereocenters. The summed E-state index contributed by atoms with van der Waals surface area (Å²) in [5.74, 6) is 0.393. The van der Waals surface area contributed by atoms with Gasteiger partial charge in [0.1, 0.15) is 5.82 Å². The number of nitrogens with zero attached hydrogens (tertiary/aromatic N) is 6. The zero-order valence-corrected chi connectivity index (χ0v) is 18.9. The molecule has 2 aliphatic rings. The first kappa shape index (κ1) is 22.5. The van der Waals surface area contributed by atoms with Gasteiger partial charge in [0.2, 0.25) is 11.9 Å². The monoisotopic (exact) mass is 441 g/mol. The van der Waals surface area contributed by atoms with E-state index in [4.69, 9.17) is 0 Å². The summed E-state index contributed by atoms with van der Waals surface area (Å²) in [7, 11) is 4.23. The summed E-state index contributed by atoms with van der Waals surface area (Å²) in [6.45, 7) is 3.42. The van der Waals surface area contributed by atoms with Crippen LogP contribution >= 0.6 is 0 Å². The van der Waals surface area contributed by atoms with Gasteiger partial charge >= 0.3 is 0 Å². The van der Waals surface area contributed by atoms with Gasteiger partial charge in [-0.05, 0) is 64.0 Å². The normalized spacial score (nSPS) is 22.2. The molecule has 0 radical (unpaired) electrons. The van der Waals surface area contributed by atoms with Gasteiger partial charge in [-0.3, -0.25) is 9.69 Å². The van der Waals surface area contributed by atoms with Crippen LogP contribution in [0.25, 0.3) is 11.3 Å². The molecule has 1 amide bonds. The van der Waals surface area contributed by atoms with Gasteiger partial charge in [0.05, 0.1) is 18.4 Å². The van der Waals surface area contributed by atoms with E-state index >= 15 is 0 Å². The molecule has 172 valence electrons. The first-order valence-electron chi connectivity index (χ1n) is 11.4. The molecule has 2 aromatic rings. The maximum atomic E-state index is 13.2. The van der Waals surface area contributed by atoms with Crippen molar-refractivity contribution in [3.05, 3.63) is 36.3 Å². The minimum absolute atomic E-state index is 0.110. The second kappa shape index (κ2) is 10.3. The van der Waals surface area contributed by atoms with Crippen molar-refractivity contribution in [2.24, 2.45) is 0 Å². The number of amides is 1. The highest BCUT2D eigenvalue weighted by Gasteiger charge is 2.26. The molecule has 1 saturated heterocycles. The van der Waals surface area contributed by atoms with Crippen molar-refractivity contribution < 1.29 is 9.18 Å². The van der Waals surface area contributed by atoms with Gasteiger partial charge in [0.25, 0.3) is 0 Å². The Kier molecular flexibility index (Phi) is 7.26. The standard InChI is InChI=1S/C23H32FN7O/c1-29(2)20-5-3-4-19(14-20)26-22(32)16-30-10-12-31(13-11-30)23-27-21(15-25-28-23)17-6-8-18(24)9-7-17/h6-9,15,19-20H,3-5,10-14,16H2,1-2H3,(H,26,32)/t19-,20+/m1/s1. The van der Waals surface area contributed by atoms with Crippen LogP contribution in [0.4, 0.5) is 10.3 Å². The van der Waals surface area contributed by atoms with Crippen molar-refractivity contribution in [3.63, 3.8) is 0 Å². The third-order valence-corrected chi connectivity index (χ3v) is 6.45. The number of aromatic nitrogens is 3. The summed E-state index contributed by atoms with van der Waals surface area (Å²) >= 11 is 0. The summed E-state index contributed by atoms with van der Waals surface area (Å²) in [6.07, 6.45) is 6.06. The largest absolute Gasteiger partial charge is 0.352 e. The van der Waals surface area contributed by atoms with Crippen LogP contribution in [0.5, 0.6) is 0 Å². The van der Waals surface area contributed by atoms with E-state index in [1.807, 2.05) is 0 Å². The lowest BCUT2D eigenvalue weighted by atomic mass is 9.90. The van der Waals surface area contributed by atoms with E-state index in [-0.39, 0.29) is 17.8 Å². The van der Waals surface area contributed by atoms with E-state index < -0.39 is 0 Å². The van der Waals surface area contributed by atoms with Gasteiger partial charge in [-0.1, -0.05) is 0 Å². The van der Waals surface area contributed by atoms with Crippen molar-refractivity contribution in [1.29, 1.82) is 0 Å².